The molecule has 1 aromatic carbocycles. The highest BCUT2D eigenvalue weighted by Gasteiger charge is 2.04. The van der Waals surface area contributed by atoms with E-state index in [0.29, 0.717) is 18.1 Å². The first-order chi connectivity index (χ1) is 6.65. The van der Waals surface area contributed by atoms with Crippen LogP contribution >= 0.6 is 0 Å². The van der Waals surface area contributed by atoms with Gasteiger partial charge in [-0.2, -0.15) is 0 Å². The molecule has 0 aliphatic rings. The molecule has 0 aromatic heterocycles. The third-order valence-electron chi connectivity index (χ3n) is 2.03. The Morgan fingerprint density at radius 1 is 1.43 bits per heavy atom. The molecule has 14 heavy (non-hydrogen) atoms. The zero-order chi connectivity index (χ0) is 10.6. The molecule has 0 aliphatic heterocycles. The highest BCUT2D eigenvalue weighted by Crippen LogP contribution is 2.20. The fourth-order valence-electron chi connectivity index (χ4n) is 1.17. The van der Waals surface area contributed by atoms with E-state index in [1.807, 2.05) is 19.1 Å². The van der Waals surface area contributed by atoms with Crippen LogP contribution in [0.4, 0.5) is 0 Å². The second-order valence-electron chi connectivity index (χ2n) is 3.79. The van der Waals surface area contributed by atoms with Crippen molar-refractivity contribution in [2.45, 2.75) is 20.8 Å². The Hall–Kier alpha value is -1.31. The fourth-order valence-corrected chi connectivity index (χ4v) is 1.17. The number of aldehydes is 1. The molecule has 0 saturated carbocycles. The van der Waals surface area contributed by atoms with Crippen LogP contribution in [0.1, 0.15) is 29.8 Å². The Morgan fingerprint density at radius 3 is 2.71 bits per heavy atom. The Labute approximate surface area is 84.9 Å². The summed E-state index contributed by atoms with van der Waals surface area (Å²) in [6.45, 7) is 6.78. The third-order valence-corrected chi connectivity index (χ3v) is 2.03. The first-order valence-corrected chi connectivity index (χ1v) is 4.82. The largest absolute Gasteiger partial charge is 0.493 e. The van der Waals surface area contributed by atoms with Gasteiger partial charge in [0.25, 0.3) is 0 Å². The molecule has 0 bridgehead atoms. The van der Waals surface area contributed by atoms with Gasteiger partial charge in [-0.25, -0.2) is 0 Å². The summed E-state index contributed by atoms with van der Waals surface area (Å²) in [6, 6.07) is 5.53. The number of hydrogen-bond donors (Lipinski definition) is 0. The van der Waals surface area contributed by atoms with Gasteiger partial charge in [0.05, 0.1) is 6.61 Å². The monoisotopic (exact) mass is 192 g/mol. The van der Waals surface area contributed by atoms with Gasteiger partial charge in [-0.15, -0.1) is 0 Å². The number of benzene rings is 1. The molecule has 0 heterocycles. The number of carbonyl (C=O) groups excluding carboxylic acids is 1. The molecule has 1 aromatic rings. The molecule has 0 atom stereocenters. The van der Waals surface area contributed by atoms with Gasteiger partial charge in [-0.05, 0) is 18.9 Å². The van der Waals surface area contributed by atoms with Gasteiger partial charge in [0.1, 0.15) is 12.0 Å². The maximum atomic E-state index is 10.7. The van der Waals surface area contributed by atoms with Crippen molar-refractivity contribution in [1.29, 1.82) is 0 Å². The first-order valence-electron chi connectivity index (χ1n) is 4.82. The Bertz CT molecular complexity index is 316. The van der Waals surface area contributed by atoms with Crippen molar-refractivity contribution >= 4 is 6.29 Å². The molecular weight excluding hydrogens is 176 g/mol. The summed E-state index contributed by atoms with van der Waals surface area (Å²) >= 11 is 0. The van der Waals surface area contributed by atoms with E-state index in [2.05, 4.69) is 13.8 Å². The lowest BCUT2D eigenvalue weighted by atomic mass is 10.1. The quantitative estimate of drug-likeness (QED) is 0.686. The van der Waals surface area contributed by atoms with Crippen LogP contribution in [-0.2, 0) is 0 Å². The summed E-state index contributed by atoms with van der Waals surface area (Å²) in [5, 5.41) is 0. The van der Waals surface area contributed by atoms with Gasteiger partial charge in [0.15, 0.2) is 0 Å². The molecular formula is C12H16O2. The average Bonchev–Trinajstić information content (AvgIpc) is 2.16. The lowest BCUT2D eigenvalue weighted by Crippen LogP contribution is -2.06. The van der Waals surface area contributed by atoms with Crippen LogP contribution < -0.4 is 4.74 Å². The lowest BCUT2D eigenvalue weighted by molar-refractivity contribution is 0.112. The van der Waals surface area contributed by atoms with Crippen LogP contribution in [0.15, 0.2) is 18.2 Å². The maximum Gasteiger partial charge on any atom is 0.150 e. The second-order valence-corrected chi connectivity index (χ2v) is 3.79. The van der Waals surface area contributed by atoms with Crippen molar-refractivity contribution in [2.75, 3.05) is 6.61 Å². The highest BCUT2D eigenvalue weighted by atomic mass is 16.5. The minimum atomic E-state index is 0.495. The van der Waals surface area contributed by atoms with E-state index < -0.39 is 0 Å². The van der Waals surface area contributed by atoms with Gasteiger partial charge in [0.2, 0.25) is 0 Å². The maximum absolute atomic E-state index is 10.7. The van der Waals surface area contributed by atoms with Gasteiger partial charge >= 0.3 is 0 Å². The van der Waals surface area contributed by atoms with Crippen LogP contribution in [0.3, 0.4) is 0 Å². The minimum absolute atomic E-state index is 0.495. The topological polar surface area (TPSA) is 26.3 Å². The number of ether oxygens (including phenoxy) is 1. The number of hydrogen-bond acceptors (Lipinski definition) is 2. The van der Waals surface area contributed by atoms with Gasteiger partial charge in [0, 0.05) is 11.1 Å². The Kier molecular flexibility index (Phi) is 3.69. The molecule has 0 radical (unpaired) electrons. The van der Waals surface area contributed by atoms with Crippen molar-refractivity contribution in [2.24, 2.45) is 5.92 Å². The second kappa shape index (κ2) is 4.80. The zero-order valence-corrected chi connectivity index (χ0v) is 8.91. The predicted octanol–water partition coefficient (Wildman–Crippen LogP) is 2.84. The summed E-state index contributed by atoms with van der Waals surface area (Å²) < 4.78 is 5.58. The van der Waals surface area contributed by atoms with E-state index >= 15 is 0 Å². The predicted molar refractivity (Wildman–Crippen MR) is 56.9 cm³/mol. The summed E-state index contributed by atoms with van der Waals surface area (Å²) in [4.78, 5) is 10.7. The minimum Gasteiger partial charge on any atom is -0.493 e. The first kappa shape index (κ1) is 10.8. The van der Waals surface area contributed by atoms with Crippen molar-refractivity contribution in [3.63, 3.8) is 0 Å². The normalized spacial score (nSPS) is 10.3. The SMILES string of the molecule is Cc1c(C=O)cccc1OCC(C)C. The van der Waals surface area contributed by atoms with E-state index in [1.165, 1.54) is 0 Å². The number of rotatable bonds is 4. The smallest absolute Gasteiger partial charge is 0.150 e. The Morgan fingerprint density at radius 2 is 2.14 bits per heavy atom. The molecule has 0 amide bonds. The van der Waals surface area contributed by atoms with Crippen molar-refractivity contribution in [3.8, 4) is 5.75 Å². The zero-order valence-electron chi connectivity index (χ0n) is 8.91. The standard InChI is InChI=1S/C12H16O2/c1-9(2)8-14-12-6-4-5-11(7-13)10(12)3/h4-7,9H,8H2,1-3H3. The Balaban J connectivity index is 2.81. The molecule has 0 N–H and O–H groups in total. The highest BCUT2D eigenvalue weighted by molar-refractivity contribution is 5.78. The average molecular weight is 192 g/mol. The van der Waals surface area contributed by atoms with E-state index in [0.717, 1.165) is 17.6 Å². The molecule has 0 spiro atoms. The van der Waals surface area contributed by atoms with E-state index in [1.54, 1.807) is 6.07 Å². The summed E-state index contributed by atoms with van der Waals surface area (Å²) in [6.07, 6.45) is 0.859. The molecule has 1 rings (SSSR count). The van der Waals surface area contributed by atoms with Crippen LogP contribution in [0.25, 0.3) is 0 Å². The molecule has 76 valence electrons. The van der Waals surface area contributed by atoms with Crippen LogP contribution in [-0.4, -0.2) is 12.9 Å². The van der Waals surface area contributed by atoms with E-state index in [-0.39, 0.29) is 0 Å². The van der Waals surface area contributed by atoms with Crippen LogP contribution in [0.2, 0.25) is 0 Å². The van der Waals surface area contributed by atoms with Crippen molar-refractivity contribution < 1.29 is 9.53 Å². The molecule has 2 heteroatoms. The number of carbonyl (C=O) groups is 1. The third kappa shape index (κ3) is 2.59. The lowest BCUT2D eigenvalue weighted by Gasteiger charge is -2.11. The molecule has 0 aliphatic carbocycles. The van der Waals surface area contributed by atoms with Gasteiger partial charge in [-0.3, -0.25) is 4.79 Å². The van der Waals surface area contributed by atoms with Crippen LogP contribution in [0, 0.1) is 12.8 Å². The summed E-state index contributed by atoms with van der Waals surface area (Å²) in [5.41, 5.74) is 1.62. The van der Waals surface area contributed by atoms with Crippen LogP contribution in [0.5, 0.6) is 5.75 Å². The molecule has 0 fully saturated rings. The van der Waals surface area contributed by atoms with Crippen molar-refractivity contribution in [1.82, 2.24) is 0 Å². The molecule has 2 nitrogen and oxygen atoms in total. The molecule has 0 saturated heterocycles. The van der Waals surface area contributed by atoms with Gasteiger partial charge < -0.3 is 4.74 Å². The summed E-state index contributed by atoms with van der Waals surface area (Å²) in [7, 11) is 0. The van der Waals surface area contributed by atoms with Gasteiger partial charge in [-0.1, -0.05) is 26.0 Å². The fraction of sp³-hybridized carbons (Fsp3) is 0.417. The molecule has 0 unspecified atom stereocenters. The summed E-state index contributed by atoms with van der Waals surface area (Å²) in [5.74, 6) is 1.30. The van der Waals surface area contributed by atoms with Crippen molar-refractivity contribution in [3.05, 3.63) is 29.3 Å². The van der Waals surface area contributed by atoms with E-state index in [4.69, 9.17) is 4.74 Å². The van der Waals surface area contributed by atoms with E-state index in [9.17, 15) is 4.79 Å².